The average Bonchev–Trinajstić information content (AvgIpc) is 2.60. The highest BCUT2D eigenvalue weighted by molar-refractivity contribution is 5.99. The molecular formula is C17H18N2O5. The van der Waals surface area contributed by atoms with E-state index in [0.29, 0.717) is 23.7 Å². The van der Waals surface area contributed by atoms with E-state index in [1.54, 1.807) is 12.1 Å². The molecule has 0 unspecified atom stereocenters. The largest absolute Gasteiger partial charge is 0.508 e. The molecule has 2 aromatic carbocycles. The fourth-order valence-corrected chi connectivity index (χ4v) is 1.99. The van der Waals surface area contributed by atoms with Crippen LogP contribution < -0.4 is 20.3 Å². The number of phenolic OH excluding ortho intramolecular Hbond substituents is 1. The topological polar surface area (TPSA) is 96.9 Å². The van der Waals surface area contributed by atoms with Gasteiger partial charge < -0.3 is 14.6 Å². The Morgan fingerprint density at radius 1 is 1.00 bits per heavy atom. The first-order valence-electron chi connectivity index (χ1n) is 7.25. The molecule has 0 aromatic heterocycles. The van der Waals surface area contributed by atoms with Gasteiger partial charge in [0, 0.05) is 11.1 Å². The van der Waals surface area contributed by atoms with Crippen molar-refractivity contribution in [3.05, 3.63) is 53.6 Å². The van der Waals surface area contributed by atoms with Crippen molar-refractivity contribution >= 4 is 11.8 Å². The van der Waals surface area contributed by atoms with Crippen LogP contribution in [0, 0.1) is 0 Å². The molecule has 0 aliphatic heterocycles. The quantitative estimate of drug-likeness (QED) is 0.727. The molecule has 2 amide bonds. The zero-order chi connectivity index (χ0) is 17.5. The lowest BCUT2D eigenvalue weighted by Gasteiger charge is -2.11. The molecule has 126 valence electrons. The maximum atomic E-state index is 12.1. The fraction of sp³-hybridized carbons (Fsp3) is 0.176. The molecule has 2 aromatic rings. The molecule has 0 aliphatic rings. The molecule has 0 spiro atoms. The second kappa shape index (κ2) is 7.87. The summed E-state index contributed by atoms with van der Waals surface area (Å²) in [5, 5.41) is 9.35. The molecule has 0 aliphatic carbocycles. The van der Waals surface area contributed by atoms with Gasteiger partial charge in [0.25, 0.3) is 11.8 Å². The molecule has 2 rings (SSSR count). The second-order valence-electron chi connectivity index (χ2n) is 4.76. The number of hydrogen-bond donors (Lipinski definition) is 3. The first-order valence-corrected chi connectivity index (χ1v) is 7.25. The van der Waals surface area contributed by atoms with Crippen LogP contribution in [0.4, 0.5) is 0 Å². The summed E-state index contributed by atoms with van der Waals surface area (Å²) < 4.78 is 10.6. The van der Waals surface area contributed by atoms with Crippen LogP contribution >= 0.6 is 0 Å². The number of phenols is 1. The Morgan fingerprint density at radius 3 is 2.25 bits per heavy atom. The number of amides is 2. The summed E-state index contributed by atoms with van der Waals surface area (Å²) in [6.45, 7) is 2.32. The lowest BCUT2D eigenvalue weighted by molar-refractivity contribution is 0.0846. The van der Waals surface area contributed by atoms with Crippen LogP contribution in [-0.2, 0) is 0 Å². The van der Waals surface area contributed by atoms with E-state index in [0.717, 1.165) is 0 Å². The van der Waals surface area contributed by atoms with Crippen LogP contribution in [0.1, 0.15) is 27.6 Å². The number of hydrazine groups is 1. The van der Waals surface area contributed by atoms with Crippen molar-refractivity contribution in [2.24, 2.45) is 0 Å². The summed E-state index contributed by atoms with van der Waals surface area (Å²) in [7, 11) is 1.48. The van der Waals surface area contributed by atoms with Crippen LogP contribution in [-0.4, -0.2) is 30.6 Å². The number of benzene rings is 2. The molecule has 7 nitrogen and oxygen atoms in total. The van der Waals surface area contributed by atoms with Gasteiger partial charge >= 0.3 is 0 Å². The van der Waals surface area contributed by atoms with Gasteiger partial charge in [0.1, 0.15) is 5.75 Å². The van der Waals surface area contributed by atoms with Gasteiger partial charge in [-0.1, -0.05) is 6.07 Å². The highest BCUT2D eigenvalue weighted by atomic mass is 16.5. The molecule has 0 saturated heterocycles. The Morgan fingerprint density at radius 2 is 1.67 bits per heavy atom. The Hall–Kier alpha value is -3.22. The van der Waals surface area contributed by atoms with Crippen LogP contribution in [0.25, 0.3) is 0 Å². The number of aromatic hydroxyl groups is 1. The van der Waals surface area contributed by atoms with Crippen LogP contribution in [0.2, 0.25) is 0 Å². The van der Waals surface area contributed by atoms with Crippen molar-refractivity contribution in [3.8, 4) is 17.2 Å². The predicted molar refractivity (Wildman–Crippen MR) is 87.2 cm³/mol. The van der Waals surface area contributed by atoms with Crippen LogP contribution in [0.3, 0.4) is 0 Å². The Bertz CT molecular complexity index is 746. The monoisotopic (exact) mass is 330 g/mol. The van der Waals surface area contributed by atoms with Gasteiger partial charge in [0.2, 0.25) is 0 Å². The molecule has 0 saturated carbocycles. The summed E-state index contributed by atoms with van der Waals surface area (Å²) >= 11 is 0. The summed E-state index contributed by atoms with van der Waals surface area (Å²) in [4.78, 5) is 24.0. The van der Waals surface area contributed by atoms with Gasteiger partial charge in [-0.2, -0.15) is 0 Å². The molecular weight excluding hydrogens is 312 g/mol. The minimum atomic E-state index is -0.544. The minimum absolute atomic E-state index is 0.0368. The molecule has 0 radical (unpaired) electrons. The maximum absolute atomic E-state index is 12.1. The predicted octanol–water partition coefficient (Wildman–Crippen LogP) is 1.87. The first kappa shape index (κ1) is 17.1. The van der Waals surface area contributed by atoms with Gasteiger partial charge in [0.05, 0.1) is 13.7 Å². The van der Waals surface area contributed by atoms with E-state index < -0.39 is 11.8 Å². The summed E-state index contributed by atoms with van der Waals surface area (Å²) in [5.74, 6) is -0.142. The van der Waals surface area contributed by atoms with Crippen molar-refractivity contribution in [3.63, 3.8) is 0 Å². The Balaban J connectivity index is 2.03. The van der Waals surface area contributed by atoms with Crippen molar-refractivity contribution in [1.29, 1.82) is 0 Å². The summed E-state index contributed by atoms with van der Waals surface area (Å²) in [5.41, 5.74) is 5.10. The van der Waals surface area contributed by atoms with E-state index >= 15 is 0 Å². The fourth-order valence-electron chi connectivity index (χ4n) is 1.99. The van der Waals surface area contributed by atoms with Crippen molar-refractivity contribution in [2.75, 3.05) is 13.7 Å². The molecule has 24 heavy (non-hydrogen) atoms. The van der Waals surface area contributed by atoms with Gasteiger partial charge in [-0.15, -0.1) is 0 Å². The van der Waals surface area contributed by atoms with Crippen LogP contribution in [0.15, 0.2) is 42.5 Å². The highest BCUT2D eigenvalue weighted by Crippen LogP contribution is 2.27. The second-order valence-corrected chi connectivity index (χ2v) is 4.76. The standard InChI is InChI=1S/C17H18N2O5/c1-3-24-14-8-7-12(10-15(14)23-2)17(22)19-18-16(21)11-5-4-6-13(20)9-11/h4-10,20H,3H2,1-2H3,(H,18,21)(H,19,22). The third-order valence-electron chi connectivity index (χ3n) is 3.12. The van der Waals surface area contributed by atoms with E-state index in [1.165, 1.54) is 37.4 Å². The number of carbonyl (C=O) groups is 2. The van der Waals surface area contributed by atoms with Gasteiger partial charge in [-0.3, -0.25) is 20.4 Å². The number of hydrogen-bond acceptors (Lipinski definition) is 5. The van der Waals surface area contributed by atoms with E-state index in [2.05, 4.69) is 10.9 Å². The number of rotatable bonds is 5. The Labute approximate surface area is 139 Å². The maximum Gasteiger partial charge on any atom is 0.269 e. The zero-order valence-electron chi connectivity index (χ0n) is 13.3. The van der Waals surface area contributed by atoms with Gasteiger partial charge in [-0.25, -0.2) is 0 Å². The number of carbonyl (C=O) groups excluding carboxylic acids is 2. The number of ether oxygens (including phenoxy) is 2. The minimum Gasteiger partial charge on any atom is -0.508 e. The third-order valence-corrected chi connectivity index (χ3v) is 3.12. The lowest BCUT2D eigenvalue weighted by atomic mass is 10.2. The number of nitrogens with one attached hydrogen (secondary N) is 2. The lowest BCUT2D eigenvalue weighted by Crippen LogP contribution is -2.41. The zero-order valence-corrected chi connectivity index (χ0v) is 13.3. The van der Waals surface area contributed by atoms with Gasteiger partial charge in [0.15, 0.2) is 11.5 Å². The third kappa shape index (κ3) is 4.16. The average molecular weight is 330 g/mol. The summed E-state index contributed by atoms with van der Waals surface area (Å²) in [6.07, 6.45) is 0. The van der Waals surface area contributed by atoms with Crippen molar-refractivity contribution in [1.82, 2.24) is 10.9 Å². The number of methoxy groups -OCH3 is 1. The first-order chi connectivity index (χ1) is 11.5. The normalized spacial score (nSPS) is 9.92. The van der Waals surface area contributed by atoms with Crippen LogP contribution in [0.5, 0.6) is 17.2 Å². The molecule has 0 heterocycles. The molecule has 0 bridgehead atoms. The molecule has 3 N–H and O–H groups in total. The SMILES string of the molecule is CCOc1ccc(C(=O)NNC(=O)c2cccc(O)c2)cc1OC. The summed E-state index contributed by atoms with van der Waals surface area (Å²) in [6, 6.07) is 10.5. The van der Waals surface area contributed by atoms with E-state index in [9.17, 15) is 14.7 Å². The smallest absolute Gasteiger partial charge is 0.269 e. The molecule has 7 heteroatoms. The Kier molecular flexibility index (Phi) is 5.62. The molecule has 0 fully saturated rings. The van der Waals surface area contributed by atoms with Gasteiger partial charge in [-0.05, 0) is 43.3 Å². The van der Waals surface area contributed by atoms with Crippen molar-refractivity contribution in [2.45, 2.75) is 6.92 Å². The van der Waals surface area contributed by atoms with E-state index in [1.807, 2.05) is 6.92 Å². The van der Waals surface area contributed by atoms with E-state index in [-0.39, 0.29) is 11.3 Å². The highest BCUT2D eigenvalue weighted by Gasteiger charge is 2.12. The van der Waals surface area contributed by atoms with Crippen molar-refractivity contribution < 1.29 is 24.2 Å². The molecule has 0 atom stereocenters. The van der Waals surface area contributed by atoms with E-state index in [4.69, 9.17) is 9.47 Å².